The van der Waals surface area contributed by atoms with Gasteiger partial charge in [-0.25, -0.2) is 0 Å². The van der Waals surface area contributed by atoms with Crippen LogP contribution in [-0.2, 0) is 4.79 Å². The van der Waals surface area contributed by atoms with Gasteiger partial charge in [0.25, 0.3) is 0 Å². The van der Waals surface area contributed by atoms with E-state index < -0.39 is 5.97 Å². The molecule has 1 saturated heterocycles. The lowest BCUT2D eigenvalue weighted by molar-refractivity contribution is -0.138. The Hall–Kier alpha value is -1.75. The molecule has 1 unspecified atom stereocenters. The highest BCUT2D eigenvalue weighted by Crippen LogP contribution is 2.20. The second kappa shape index (κ2) is 7.14. The van der Waals surface area contributed by atoms with E-state index in [0.717, 1.165) is 37.6 Å². The van der Waals surface area contributed by atoms with Gasteiger partial charge in [-0.2, -0.15) is 0 Å². The number of nitrogens with zero attached hydrogens (tertiary/aromatic N) is 1. The van der Waals surface area contributed by atoms with Crippen LogP contribution >= 0.6 is 0 Å². The Morgan fingerprint density at radius 2 is 2.05 bits per heavy atom. The van der Waals surface area contributed by atoms with Crippen molar-refractivity contribution >= 4 is 5.97 Å². The Morgan fingerprint density at radius 3 is 2.70 bits per heavy atom. The smallest absolute Gasteiger partial charge is 0.303 e. The van der Waals surface area contributed by atoms with Crippen LogP contribution in [-0.4, -0.2) is 49.3 Å². The fourth-order valence-electron chi connectivity index (χ4n) is 2.49. The van der Waals surface area contributed by atoms with Crippen molar-refractivity contribution in [2.75, 3.05) is 33.4 Å². The van der Waals surface area contributed by atoms with Gasteiger partial charge < -0.3 is 14.6 Å². The third-order valence-electron chi connectivity index (χ3n) is 3.57. The summed E-state index contributed by atoms with van der Waals surface area (Å²) in [5, 5.41) is 8.77. The Morgan fingerprint density at radius 1 is 1.35 bits per heavy atom. The summed E-state index contributed by atoms with van der Waals surface area (Å²) < 4.78 is 10.8. The van der Waals surface area contributed by atoms with E-state index in [-0.39, 0.29) is 12.3 Å². The van der Waals surface area contributed by atoms with E-state index in [1.54, 1.807) is 7.11 Å². The van der Waals surface area contributed by atoms with Gasteiger partial charge in [0.2, 0.25) is 0 Å². The van der Waals surface area contributed by atoms with E-state index in [1.165, 1.54) is 0 Å². The number of likely N-dealkylation sites (tertiary alicyclic amines) is 1. The minimum absolute atomic E-state index is 0.274. The average Bonchev–Trinajstić information content (AvgIpc) is 2.86. The van der Waals surface area contributed by atoms with Crippen molar-refractivity contribution in [1.29, 1.82) is 0 Å². The summed E-state index contributed by atoms with van der Waals surface area (Å²) in [7, 11) is 1.64. The highest BCUT2D eigenvalue weighted by Gasteiger charge is 2.23. The summed E-state index contributed by atoms with van der Waals surface area (Å²) in [6.07, 6.45) is 1.24. The molecular weight excluding hydrogens is 258 g/mol. The number of carboxylic acids is 1. The molecule has 5 nitrogen and oxygen atoms in total. The first-order valence-corrected chi connectivity index (χ1v) is 6.88. The van der Waals surface area contributed by atoms with Gasteiger partial charge in [0.05, 0.1) is 7.11 Å². The van der Waals surface area contributed by atoms with Crippen LogP contribution in [0.15, 0.2) is 24.3 Å². The monoisotopic (exact) mass is 279 g/mol. The number of carbonyl (C=O) groups is 1. The highest BCUT2D eigenvalue weighted by atomic mass is 16.5. The molecule has 0 radical (unpaired) electrons. The van der Waals surface area contributed by atoms with Gasteiger partial charge in [-0.05, 0) is 43.1 Å². The maximum Gasteiger partial charge on any atom is 0.303 e. The topological polar surface area (TPSA) is 59.0 Å². The second-order valence-corrected chi connectivity index (χ2v) is 5.08. The SMILES string of the molecule is COc1ccc(OCCN2CCC(CC(=O)O)C2)cc1. The predicted molar refractivity (Wildman–Crippen MR) is 75.3 cm³/mol. The molecule has 1 fully saturated rings. The van der Waals surface area contributed by atoms with Crippen molar-refractivity contribution in [1.82, 2.24) is 4.90 Å². The zero-order valence-corrected chi connectivity index (χ0v) is 11.7. The quantitative estimate of drug-likeness (QED) is 0.825. The largest absolute Gasteiger partial charge is 0.497 e. The van der Waals surface area contributed by atoms with E-state index in [9.17, 15) is 4.79 Å². The van der Waals surface area contributed by atoms with Crippen LogP contribution in [0.25, 0.3) is 0 Å². The molecular formula is C15H21NO4. The average molecular weight is 279 g/mol. The molecule has 1 heterocycles. The zero-order chi connectivity index (χ0) is 14.4. The number of ether oxygens (including phenoxy) is 2. The second-order valence-electron chi connectivity index (χ2n) is 5.08. The maximum atomic E-state index is 10.7. The highest BCUT2D eigenvalue weighted by molar-refractivity contribution is 5.67. The van der Waals surface area contributed by atoms with Crippen molar-refractivity contribution in [3.8, 4) is 11.5 Å². The summed E-state index contributed by atoms with van der Waals surface area (Å²) >= 11 is 0. The summed E-state index contributed by atoms with van der Waals surface area (Å²) in [6.45, 7) is 3.27. The van der Waals surface area contributed by atoms with Crippen LogP contribution in [0.4, 0.5) is 0 Å². The summed E-state index contributed by atoms with van der Waals surface area (Å²) in [4.78, 5) is 12.9. The summed E-state index contributed by atoms with van der Waals surface area (Å²) in [6, 6.07) is 7.51. The van der Waals surface area contributed by atoms with Crippen molar-refractivity contribution in [2.45, 2.75) is 12.8 Å². The molecule has 1 aliphatic heterocycles. The summed E-state index contributed by atoms with van der Waals surface area (Å²) in [5.74, 6) is 1.22. The van der Waals surface area contributed by atoms with Gasteiger partial charge in [-0.3, -0.25) is 9.69 Å². The molecule has 1 N–H and O–H groups in total. The Bertz CT molecular complexity index is 432. The van der Waals surface area contributed by atoms with E-state index >= 15 is 0 Å². The molecule has 20 heavy (non-hydrogen) atoms. The van der Waals surface area contributed by atoms with E-state index in [2.05, 4.69) is 4.90 Å². The van der Waals surface area contributed by atoms with Crippen LogP contribution in [0.5, 0.6) is 11.5 Å². The molecule has 0 amide bonds. The molecule has 0 saturated carbocycles. The fourth-order valence-corrected chi connectivity index (χ4v) is 2.49. The van der Waals surface area contributed by atoms with E-state index in [4.69, 9.17) is 14.6 Å². The van der Waals surface area contributed by atoms with Crippen LogP contribution in [0.2, 0.25) is 0 Å². The first-order valence-electron chi connectivity index (χ1n) is 6.88. The predicted octanol–water partition coefficient (Wildman–Crippen LogP) is 1.87. The number of methoxy groups -OCH3 is 1. The van der Waals surface area contributed by atoms with Gasteiger partial charge in [0, 0.05) is 19.5 Å². The van der Waals surface area contributed by atoms with Crippen LogP contribution < -0.4 is 9.47 Å². The normalized spacial score (nSPS) is 18.9. The molecule has 110 valence electrons. The molecule has 0 spiro atoms. The van der Waals surface area contributed by atoms with Crippen molar-refractivity contribution < 1.29 is 19.4 Å². The van der Waals surface area contributed by atoms with Crippen molar-refractivity contribution in [2.24, 2.45) is 5.92 Å². The van der Waals surface area contributed by atoms with Crippen LogP contribution in [0.1, 0.15) is 12.8 Å². The summed E-state index contributed by atoms with van der Waals surface area (Å²) in [5.41, 5.74) is 0. The third-order valence-corrected chi connectivity index (χ3v) is 3.57. The van der Waals surface area contributed by atoms with Gasteiger partial charge in [0.15, 0.2) is 0 Å². The first kappa shape index (κ1) is 14.7. The first-order chi connectivity index (χ1) is 9.67. The molecule has 1 aliphatic rings. The lowest BCUT2D eigenvalue weighted by Crippen LogP contribution is -2.26. The maximum absolute atomic E-state index is 10.7. The molecule has 2 rings (SSSR count). The number of aliphatic carboxylic acids is 1. The lowest BCUT2D eigenvalue weighted by Gasteiger charge is -2.16. The number of carboxylic acid groups (broad SMARTS) is 1. The van der Waals surface area contributed by atoms with Gasteiger partial charge in [-0.1, -0.05) is 0 Å². The standard InChI is InChI=1S/C15H21NO4/c1-19-13-2-4-14(5-3-13)20-9-8-16-7-6-12(11-16)10-15(17)18/h2-5,12H,6-11H2,1H3,(H,17,18). The van der Waals surface area contributed by atoms with Gasteiger partial charge in [-0.15, -0.1) is 0 Å². The third kappa shape index (κ3) is 4.42. The van der Waals surface area contributed by atoms with Crippen molar-refractivity contribution in [3.63, 3.8) is 0 Å². The lowest BCUT2D eigenvalue weighted by atomic mass is 10.1. The Labute approximate surface area is 119 Å². The zero-order valence-electron chi connectivity index (χ0n) is 11.7. The molecule has 1 atom stereocenters. The van der Waals surface area contributed by atoms with Crippen molar-refractivity contribution in [3.05, 3.63) is 24.3 Å². The van der Waals surface area contributed by atoms with Crippen LogP contribution in [0.3, 0.4) is 0 Å². The number of hydrogen-bond donors (Lipinski definition) is 1. The molecule has 1 aromatic carbocycles. The Balaban J connectivity index is 1.67. The number of benzene rings is 1. The molecule has 1 aromatic rings. The minimum atomic E-state index is -0.702. The number of rotatable bonds is 7. The Kier molecular flexibility index (Phi) is 5.24. The number of hydrogen-bond acceptors (Lipinski definition) is 4. The molecule has 0 bridgehead atoms. The fraction of sp³-hybridized carbons (Fsp3) is 0.533. The van der Waals surface area contributed by atoms with E-state index in [1.807, 2.05) is 24.3 Å². The molecule has 0 aliphatic carbocycles. The molecule has 5 heteroatoms. The van der Waals surface area contributed by atoms with Gasteiger partial charge in [0.1, 0.15) is 18.1 Å². The van der Waals surface area contributed by atoms with Gasteiger partial charge >= 0.3 is 5.97 Å². The molecule has 0 aromatic heterocycles. The van der Waals surface area contributed by atoms with E-state index in [0.29, 0.717) is 6.61 Å². The van der Waals surface area contributed by atoms with Crippen LogP contribution in [0, 0.1) is 5.92 Å². The minimum Gasteiger partial charge on any atom is -0.497 e.